The van der Waals surface area contributed by atoms with E-state index in [1.807, 2.05) is 0 Å². The van der Waals surface area contributed by atoms with Gasteiger partial charge in [0, 0.05) is 17.8 Å². The predicted octanol–water partition coefficient (Wildman–Crippen LogP) is 3.87. The summed E-state index contributed by atoms with van der Waals surface area (Å²) >= 11 is 0. The first kappa shape index (κ1) is 21.8. The van der Waals surface area contributed by atoms with Crippen molar-refractivity contribution >= 4 is 5.97 Å². The Bertz CT molecular complexity index is 322. The number of rotatable bonds is 15. The predicted molar refractivity (Wildman–Crippen MR) is 89.9 cm³/mol. The van der Waals surface area contributed by atoms with Crippen LogP contribution in [0.3, 0.4) is 0 Å². The Morgan fingerprint density at radius 1 is 1.04 bits per heavy atom. The Kier molecular flexibility index (Phi) is 13.7. The van der Waals surface area contributed by atoms with Crippen LogP contribution >= 0.6 is 0 Å². The first-order valence-corrected chi connectivity index (χ1v) is 8.91. The van der Waals surface area contributed by atoms with E-state index in [1.54, 1.807) is 0 Å². The molecule has 0 aliphatic carbocycles. The molecule has 0 aliphatic rings. The van der Waals surface area contributed by atoms with Gasteiger partial charge in [-0.05, 0) is 19.3 Å². The number of ether oxygens (including phenoxy) is 1. The summed E-state index contributed by atoms with van der Waals surface area (Å²) < 4.78 is 4.57. The summed E-state index contributed by atoms with van der Waals surface area (Å²) in [6, 6.07) is -0.828. The van der Waals surface area contributed by atoms with Crippen molar-refractivity contribution in [2.45, 2.75) is 96.1 Å². The molecule has 0 saturated carbocycles. The lowest BCUT2D eigenvalue weighted by atomic mass is 9.98. The van der Waals surface area contributed by atoms with Crippen LogP contribution in [0.25, 0.3) is 0 Å². The van der Waals surface area contributed by atoms with Gasteiger partial charge >= 0.3 is 5.97 Å². The SMILES string of the molecule is CCCCCCC(C(O)CCCCCCCC(=O)OC)[N+](=O)[O-]. The standard InChI is InChI=1S/C17H33NO5/c1-3-4-5-9-12-15(18(21)22)16(19)13-10-7-6-8-11-14-17(20)23-2/h15-16,19H,3-14H2,1-2H3. The van der Waals surface area contributed by atoms with E-state index < -0.39 is 12.1 Å². The largest absolute Gasteiger partial charge is 0.469 e. The summed E-state index contributed by atoms with van der Waals surface area (Å²) in [5, 5.41) is 21.1. The zero-order valence-corrected chi connectivity index (χ0v) is 14.7. The van der Waals surface area contributed by atoms with Gasteiger partial charge in [0.1, 0.15) is 6.10 Å². The number of methoxy groups -OCH3 is 1. The number of nitro groups is 1. The first-order valence-electron chi connectivity index (χ1n) is 8.91. The molecule has 0 radical (unpaired) electrons. The van der Waals surface area contributed by atoms with E-state index in [9.17, 15) is 20.0 Å². The highest BCUT2D eigenvalue weighted by Crippen LogP contribution is 2.16. The lowest BCUT2D eigenvalue weighted by Crippen LogP contribution is -2.33. The Balaban J connectivity index is 3.76. The monoisotopic (exact) mass is 331 g/mol. The van der Waals surface area contributed by atoms with E-state index in [0.717, 1.165) is 57.8 Å². The van der Waals surface area contributed by atoms with Crippen LogP contribution in [0.15, 0.2) is 0 Å². The topological polar surface area (TPSA) is 89.7 Å². The van der Waals surface area contributed by atoms with Crippen LogP contribution in [0.1, 0.15) is 84.0 Å². The molecule has 0 aromatic rings. The van der Waals surface area contributed by atoms with Crippen LogP contribution < -0.4 is 0 Å². The molecule has 0 heterocycles. The Morgan fingerprint density at radius 2 is 1.61 bits per heavy atom. The number of unbranched alkanes of at least 4 members (excludes halogenated alkanes) is 7. The van der Waals surface area contributed by atoms with Gasteiger partial charge in [0.25, 0.3) is 0 Å². The van der Waals surface area contributed by atoms with Gasteiger partial charge in [0.2, 0.25) is 6.04 Å². The molecule has 0 aliphatic heterocycles. The molecule has 0 aromatic carbocycles. The minimum absolute atomic E-state index is 0.183. The lowest BCUT2D eigenvalue weighted by molar-refractivity contribution is -0.535. The summed E-state index contributed by atoms with van der Waals surface area (Å²) in [4.78, 5) is 21.7. The Morgan fingerprint density at radius 3 is 2.22 bits per heavy atom. The van der Waals surface area contributed by atoms with Gasteiger partial charge in [-0.1, -0.05) is 51.9 Å². The summed E-state index contributed by atoms with van der Waals surface area (Å²) in [6.45, 7) is 2.10. The van der Waals surface area contributed by atoms with Crippen molar-refractivity contribution in [2.75, 3.05) is 7.11 Å². The van der Waals surface area contributed by atoms with Crippen molar-refractivity contribution in [3.63, 3.8) is 0 Å². The van der Waals surface area contributed by atoms with E-state index in [4.69, 9.17) is 0 Å². The zero-order chi connectivity index (χ0) is 17.5. The minimum atomic E-state index is -0.846. The molecular formula is C17H33NO5. The third kappa shape index (κ3) is 12.0. The van der Waals surface area contributed by atoms with Crippen LogP contribution in [0.2, 0.25) is 0 Å². The fraction of sp³-hybridized carbons (Fsp3) is 0.941. The van der Waals surface area contributed by atoms with Gasteiger partial charge in [-0.15, -0.1) is 0 Å². The summed E-state index contributed by atoms with van der Waals surface area (Å²) in [5.74, 6) is -0.183. The van der Waals surface area contributed by atoms with Gasteiger partial charge in [-0.3, -0.25) is 14.9 Å². The number of aliphatic hydroxyl groups excluding tert-OH is 1. The normalized spacial score (nSPS) is 13.5. The second-order valence-electron chi connectivity index (χ2n) is 6.15. The molecule has 2 unspecified atom stereocenters. The number of aliphatic hydroxyl groups is 1. The average Bonchev–Trinajstić information content (AvgIpc) is 2.53. The Labute approximate surface area is 139 Å². The fourth-order valence-electron chi connectivity index (χ4n) is 2.67. The second kappa shape index (κ2) is 14.4. The van der Waals surface area contributed by atoms with Crippen molar-refractivity contribution in [3.8, 4) is 0 Å². The maximum absolute atomic E-state index is 11.1. The quantitative estimate of drug-likeness (QED) is 0.213. The number of esters is 1. The molecule has 1 N–H and O–H groups in total. The van der Waals surface area contributed by atoms with Crippen LogP contribution in [-0.2, 0) is 9.53 Å². The van der Waals surface area contributed by atoms with Crippen molar-refractivity contribution in [2.24, 2.45) is 0 Å². The fourth-order valence-corrected chi connectivity index (χ4v) is 2.67. The van der Waals surface area contributed by atoms with E-state index >= 15 is 0 Å². The van der Waals surface area contributed by atoms with E-state index in [0.29, 0.717) is 19.3 Å². The van der Waals surface area contributed by atoms with Gasteiger partial charge in [-0.25, -0.2) is 0 Å². The second-order valence-corrected chi connectivity index (χ2v) is 6.15. The van der Waals surface area contributed by atoms with E-state index in [2.05, 4.69) is 11.7 Å². The maximum atomic E-state index is 11.1. The van der Waals surface area contributed by atoms with Crippen LogP contribution in [-0.4, -0.2) is 35.3 Å². The van der Waals surface area contributed by atoms with Crippen molar-refractivity contribution < 1.29 is 19.6 Å². The van der Waals surface area contributed by atoms with Crippen LogP contribution in [0, 0.1) is 10.1 Å². The van der Waals surface area contributed by atoms with Gasteiger partial charge < -0.3 is 9.84 Å². The van der Waals surface area contributed by atoms with Crippen molar-refractivity contribution in [3.05, 3.63) is 10.1 Å². The molecule has 0 aromatic heterocycles. The molecule has 23 heavy (non-hydrogen) atoms. The smallest absolute Gasteiger partial charge is 0.305 e. The average molecular weight is 331 g/mol. The van der Waals surface area contributed by atoms with Crippen LogP contribution in [0.4, 0.5) is 0 Å². The third-order valence-corrected chi connectivity index (χ3v) is 4.18. The van der Waals surface area contributed by atoms with Crippen molar-refractivity contribution in [1.82, 2.24) is 0 Å². The summed E-state index contributed by atoms with van der Waals surface area (Å²) in [5.41, 5.74) is 0. The van der Waals surface area contributed by atoms with Crippen LogP contribution in [0.5, 0.6) is 0 Å². The molecular weight excluding hydrogens is 298 g/mol. The molecule has 0 saturated heterocycles. The summed E-state index contributed by atoms with van der Waals surface area (Å²) in [6.07, 6.45) is 8.99. The van der Waals surface area contributed by atoms with E-state index in [-0.39, 0.29) is 10.9 Å². The van der Waals surface area contributed by atoms with Gasteiger partial charge in [0.15, 0.2) is 0 Å². The number of hydrogen-bond acceptors (Lipinski definition) is 5. The molecule has 0 rings (SSSR count). The molecule has 0 bridgehead atoms. The minimum Gasteiger partial charge on any atom is -0.469 e. The number of nitrogens with zero attached hydrogens (tertiary/aromatic N) is 1. The number of carbonyl (C=O) groups is 1. The van der Waals surface area contributed by atoms with E-state index in [1.165, 1.54) is 7.11 Å². The molecule has 0 fully saturated rings. The third-order valence-electron chi connectivity index (χ3n) is 4.18. The first-order chi connectivity index (χ1) is 11.0. The van der Waals surface area contributed by atoms with Crippen molar-refractivity contribution in [1.29, 1.82) is 0 Å². The zero-order valence-electron chi connectivity index (χ0n) is 14.7. The highest BCUT2D eigenvalue weighted by molar-refractivity contribution is 5.68. The number of carbonyl (C=O) groups excluding carboxylic acids is 1. The van der Waals surface area contributed by atoms with Gasteiger partial charge in [-0.2, -0.15) is 0 Å². The highest BCUT2D eigenvalue weighted by atomic mass is 16.6. The molecule has 6 heteroatoms. The maximum Gasteiger partial charge on any atom is 0.305 e. The molecule has 0 amide bonds. The molecule has 2 atom stereocenters. The molecule has 6 nitrogen and oxygen atoms in total. The summed E-state index contributed by atoms with van der Waals surface area (Å²) in [7, 11) is 1.39. The number of hydrogen-bond donors (Lipinski definition) is 1. The highest BCUT2D eigenvalue weighted by Gasteiger charge is 2.28. The molecule has 136 valence electrons. The molecule has 0 spiro atoms. The Hall–Kier alpha value is -1.17. The van der Waals surface area contributed by atoms with Gasteiger partial charge in [0.05, 0.1) is 7.11 Å². The lowest BCUT2D eigenvalue weighted by Gasteiger charge is -2.16.